The van der Waals surface area contributed by atoms with Gasteiger partial charge in [-0.15, -0.1) is 0 Å². The standard InChI is InChI=1S/C27H26ClN3O6/c1-18-9-13-20(14-10-18)37-21-15-11-19(12-16-21)29-24(32)7-4-8-26(34)36-17-25(33)30-31-27(35)22-5-2-3-6-23(22)28/h2-3,5-6,9-16H,4,7-8,17H2,1H3,(H,29,32)(H,30,33)(H,31,35). The average molecular weight is 524 g/mol. The molecule has 0 aromatic heterocycles. The number of amides is 3. The number of hydrogen-bond donors (Lipinski definition) is 3. The quantitative estimate of drug-likeness (QED) is 0.264. The highest BCUT2D eigenvalue weighted by atomic mass is 35.5. The van der Waals surface area contributed by atoms with E-state index in [0.717, 1.165) is 5.56 Å². The molecule has 0 aliphatic heterocycles. The molecule has 0 saturated carbocycles. The second-order valence-corrected chi connectivity index (χ2v) is 8.39. The lowest BCUT2D eigenvalue weighted by Gasteiger charge is -2.09. The van der Waals surface area contributed by atoms with Crippen molar-refractivity contribution >= 4 is 41.0 Å². The summed E-state index contributed by atoms with van der Waals surface area (Å²) in [6, 6.07) is 20.9. The van der Waals surface area contributed by atoms with Crippen molar-refractivity contribution < 1.29 is 28.7 Å². The van der Waals surface area contributed by atoms with Crippen LogP contribution >= 0.6 is 11.6 Å². The third-order valence-electron chi connectivity index (χ3n) is 4.98. The van der Waals surface area contributed by atoms with Crippen LogP contribution in [0.3, 0.4) is 0 Å². The van der Waals surface area contributed by atoms with Crippen molar-refractivity contribution in [2.24, 2.45) is 0 Å². The van der Waals surface area contributed by atoms with E-state index in [9.17, 15) is 19.2 Å². The van der Waals surface area contributed by atoms with E-state index >= 15 is 0 Å². The van der Waals surface area contributed by atoms with Crippen molar-refractivity contribution in [3.05, 3.63) is 88.9 Å². The molecular formula is C27H26ClN3O6. The molecule has 9 nitrogen and oxygen atoms in total. The van der Waals surface area contributed by atoms with Crippen LogP contribution in [0.4, 0.5) is 5.69 Å². The highest BCUT2D eigenvalue weighted by Crippen LogP contribution is 2.23. The van der Waals surface area contributed by atoms with Crippen LogP contribution in [-0.4, -0.2) is 30.3 Å². The first-order valence-corrected chi connectivity index (χ1v) is 11.8. The van der Waals surface area contributed by atoms with Gasteiger partial charge in [-0.05, 0) is 61.9 Å². The molecule has 0 saturated heterocycles. The molecule has 3 N–H and O–H groups in total. The molecule has 3 aromatic rings. The molecular weight excluding hydrogens is 498 g/mol. The molecule has 0 aliphatic carbocycles. The highest BCUT2D eigenvalue weighted by Gasteiger charge is 2.12. The van der Waals surface area contributed by atoms with Gasteiger partial charge in [0, 0.05) is 18.5 Å². The number of esters is 1. The summed E-state index contributed by atoms with van der Waals surface area (Å²) >= 11 is 5.91. The van der Waals surface area contributed by atoms with Crippen LogP contribution in [0, 0.1) is 6.92 Å². The molecule has 0 bridgehead atoms. The van der Waals surface area contributed by atoms with Crippen LogP contribution in [0.1, 0.15) is 35.2 Å². The Morgan fingerprint density at radius 3 is 2.11 bits per heavy atom. The molecule has 0 fully saturated rings. The van der Waals surface area contributed by atoms with Gasteiger partial charge < -0.3 is 14.8 Å². The predicted octanol–water partition coefficient (Wildman–Crippen LogP) is 4.55. The lowest BCUT2D eigenvalue weighted by Crippen LogP contribution is -2.43. The minimum absolute atomic E-state index is 0.0456. The van der Waals surface area contributed by atoms with Crippen molar-refractivity contribution in [2.45, 2.75) is 26.2 Å². The lowest BCUT2D eigenvalue weighted by molar-refractivity contribution is -0.148. The van der Waals surface area contributed by atoms with Gasteiger partial charge in [0.05, 0.1) is 10.6 Å². The topological polar surface area (TPSA) is 123 Å². The number of halogens is 1. The maximum absolute atomic E-state index is 12.1. The Bertz CT molecular complexity index is 1250. The van der Waals surface area contributed by atoms with Gasteiger partial charge in [0.25, 0.3) is 11.8 Å². The van der Waals surface area contributed by atoms with Crippen LogP contribution in [0.15, 0.2) is 72.8 Å². The van der Waals surface area contributed by atoms with Crippen LogP contribution in [-0.2, 0) is 19.1 Å². The number of hydrazine groups is 1. The monoisotopic (exact) mass is 523 g/mol. The predicted molar refractivity (Wildman–Crippen MR) is 138 cm³/mol. The minimum Gasteiger partial charge on any atom is -0.457 e. The molecule has 3 rings (SSSR count). The molecule has 0 radical (unpaired) electrons. The van der Waals surface area contributed by atoms with E-state index in [2.05, 4.69) is 16.2 Å². The fourth-order valence-corrected chi connectivity index (χ4v) is 3.28. The fourth-order valence-electron chi connectivity index (χ4n) is 3.06. The molecule has 0 unspecified atom stereocenters. The van der Waals surface area contributed by atoms with Gasteiger partial charge in [0.1, 0.15) is 11.5 Å². The Hall–Kier alpha value is -4.37. The second-order valence-electron chi connectivity index (χ2n) is 7.98. The van der Waals surface area contributed by atoms with Gasteiger partial charge >= 0.3 is 5.97 Å². The summed E-state index contributed by atoms with van der Waals surface area (Å²) in [6.45, 7) is 1.42. The van der Waals surface area contributed by atoms with Gasteiger partial charge in [0.15, 0.2) is 6.61 Å². The number of benzene rings is 3. The largest absolute Gasteiger partial charge is 0.457 e. The number of carbonyl (C=O) groups is 4. The number of aryl methyl sites for hydroxylation is 1. The first kappa shape index (κ1) is 27.2. The Morgan fingerprint density at radius 2 is 1.43 bits per heavy atom. The maximum atomic E-state index is 12.1. The van der Waals surface area contributed by atoms with E-state index in [0.29, 0.717) is 17.2 Å². The van der Waals surface area contributed by atoms with Gasteiger partial charge in [-0.25, -0.2) is 0 Å². The van der Waals surface area contributed by atoms with Crippen molar-refractivity contribution in [3.63, 3.8) is 0 Å². The number of ether oxygens (including phenoxy) is 2. The third kappa shape index (κ3) is 9.30. The van der Waals surface area contributed by atoms with E-state index in [-0.39, 0.29) is 35.8 Å². The number of nitrogens with one attached hydrogen (secondary N) is 3. The zero-order chi connectivity index (χ0) is 26.6. The van der Waals surface area contributed by atoms with Gasteiger partial charge in [0.2, 0.25) is 5.91 Å². The maximum Gasteiger partial charge on any atom is 0.306 e. The molecule has 3 aromatic carbocycles. The molecule has 0 heterocycles. The third-order valence-corrected chi connectivity index (χ3v) is 5.31. The molecule has 0 spiro atoms. The zero-order valence-corrected chi connectivity index (χ0v) is 20.8. The number of carbonyl (C=O) groups excluding carboxylic acids is 4. The minimum atomic E-state index is -0.721. The molecule has 0 atom stereocenters. The normalized spacial score (nSPS) is 10.2. The van der Waals surface area contributed by atoms with E-state index in [4.69, 9.17) is 21.1 Å². The summed E-state index contributed by atoms with van der Waals surface area (Å²) in [7, 11) is 0. The second kappa shape index (κ2) is 13.6. The molecule has 37 heavy (non-hydrogen) atoms. The van der Waals surface area contributed by atoms with Crippen LogP contribution in [0.2, 0.25) is 5.02 Å². The zero-order valence-electron chi connectivity index (χ0n) is 20.1. The summed E-state index contributed by atoms with van der Waals surface area (Å²) in [5.74, 6) is -0.880. The van der Waals surface area contributed by atoms with Crippen molar-refractivity contribution in [1.82, 2.24) is 10.9 Å². The first-order chi connectivity index (χ1) is 17.8. The van der Waals surface area contributed by atoms with Gasteiger partial charge in [-0.3, -0.25) is 30.0 Å². The van der Waals surface area contributed by atoms with Gasteiger partial charge in [-0.1, -0.05) is 41.4 Å². The van der Waals surface area contributed by atoms with Crippen LogP contribution in [0.5, 0.6) is 11.5 Å². The molecule has 192 valence electrons. The van der Waals surface area contributed by atoms with Crippen molar-refractivity contribution in [2.75, 3.05) is 11.9 Å². The first-order valence-electron chi connectivity index (χ1n) is 11.4. The van der Waals surface area contributed by atoms with E-state index < -0.39 is 24.4 Å². The number of rotatable bonds is 10. The van der Waals surface area contributed by atoms with Crippen LogP contribution < -0.4 is 20.9 Å². The summed E-state index contributed by atoms with van der Waals surface area (Å²) in [5.41, 5.74) is 6.25. The summed E-state index contributed by atoms with van der Waals surface area (Å²) in [6.07, 6.45) is 0.289. The smallest absolute Gasteiger partial charge is 0.306 e. The Balaban J connectivity index is 1.29. The van der Waals surface area contributed by atoms with E-state index in [1.807, 2.05) is 31.2 Å². The fraction of sp³-hybridized carbons (Fsp3) is 0.185. The Labute approximate surface area is 219 Å². The van der Waals surface area contributed by atoms with Crippen molar-refractivity contribution in [1.29, 1.82) is 0 Å². The van der Waals surface area contributed by atoms with Crippen molar-refractivity contribution in [3.8, 4) is 11.5 Å². The summed E-state index contributed by atoms with van der Waals surface area (Å²) in [5, 5.41) is 2.98. The summed E-state index contributed by atoms with van der Waals surface area (Å²) < 4.78 is 10.6. The van der Waals surface area contributed by atoms with Crippen LogP contribution in [0.25, 0.3) is 0 Å². The average Bonchev–Trinajstić information content (AvgIpc) is 2.89. The summed E-state index contributed by atoms with van der Waals surface area (Å²) in [4.78, 5) is 47.8. The Kier molecular flexibility index (Phi) is 10.0. The van der Waals surface area contributed by atoms with E-state index in [1.165, 1.54) is 6.07 Å². The Morgan fingerprint density at radius 1 is 0.784 bits per heavy atom. The number of hydrogen-bond acceptors (Lipinski definition) is 6. The molecule has 3 amide bonds. The lowest BCUT2D eigenvalue weighted by atomic mass is 10.2. The SMILES string of the molecule is Cc1ccc(Oc2ccc(NC(=O)CCCC(=O)OCC(=O)NNC(=O)c3ccccc3Cl)cc2)cc1. The van der Waals surface area contributed by atoms with E-state index in [1.54, 1.807) is 42.5 Å². The highest BCUT2D eigenvalue weighted by molar-refractivity contribution is 6.33. The molecule has 0 aliphatic rings. The molecule has 10 heteroatoms. The number of anilines is 1. The van der Waals surface area contributed by atoms with Gasteiger partial charge in [-0.2, -0.15) is 0 Å².